The Morgan fingerprint density at radius 2 is 1.85 bits per heavy atom. The van der Waals surface area contributed by atoms with Crippen LogP contribution < -0.4 is 0 Å². The Hall–Kier alpha value is -1.36. The van der Waals surface area contributed by atoms with E-state index in [1.807, 2.05) is 0 Å². The molecule has 2 heterocycles. The first-order valence-electron chi connectivity index (χ1n) is 14.8. The quantitative estimate of drug-likeness (QED) is 0.269. The molecule has 4 saturated carbocycles. The minimum absolute atomic E-state index is 0.0827. The van der Waals surface area contributed by atoms with Crippen molar-refractivity contribution in [3.63, 3.8) is 0 Å². The van der Waals surface area contributed by atoms with Crippen LogP contribution in [0, 0.1) is 28.6 Å². The lowest BCUT2D eigenvalue weighted by Crippen LogP contribution is -2.69. The van der Waals surface area contributed by atoms with Crippen molar-refractivity contribution in [3.05, 3.63) is 11.6 Å². The zero-order chi connectivity index (χ0) is 27.8. The fourth-order valence-electron chi connectivity index (χ4n) is 9.98. The SMILES string of the molecule is CO[C@H]1C[C@H](O[C@H]2CCC3(C=O)[C@H]4CC[C@]5(C)[C@@H](C6=CC(=O)OC6)CC[C@]5(O)[C@@H]4CC[C@]3(O)C2)O[C@H](C)[C@H]1O. The van der Waals surface area contributed by atoms with Crippen LogP contribution in [0.3, 0.4) is 0 Å². The number of ether oxygens (including phenoxy) is 4. The summed E-state index contributed by atoms with van der Waals surface area (Å²) in [7, 11) is 1.57. The summed E-state index contributed by atoms with van der Waals surface area (Å²) in [5, 5.41) is 34.8. The van der Waals surface area contributed by atoms with Crippen molar-refractivity contribution in [2.24, 2.45) is 28.6 Å². The molecule has 1 unspecified atom stereocenters. The number of aldehydes is 1. The molecular weight excluding hydrogens is 504 g/mol. The van der Waals surface area contributed by atoms with Crippen molar-refractivity contribution in [1.29, 1.82) is 0 Å². The lowest BCUT2D eigenvalue weighted by atomic mass is 9.41. The van der Waals surface area contributed by atoms with Gasteiger partial charge in [0.15, 0.2) is 6.29 Å². The molecule has 0 spiro atoms. The molecule has 0 amide bonds. The van der Waals surface area contributed by atoms with Crippen LogP contribution in [-0.2, 0) is 28.5 Å². The first-order chi connectivity index (χ1) is 18.5. The third-order valence-corrected chi connectivity index (χ3v) is 12.1. The Morgan fingerprint density at radius 1 is 1.08 bits per heavy atom. The molecule has 0 bridgehead atoms. The molecule has 5 fully saturated rings. The van der Waals surface area contributed by atoms with Gasteiger partial charge in [-0.25, -0.2) is 4.79 Å². The topological polar surface area (TPSA) is 132 Å². The van der Waals surface area contributed by atoms with Crippen LogP contribution in [0.15, 0.2) is 11.6 Å². The number of carbonyl (C=O) groups is 2. The summed E-state index contributed by atoms with van der Waals surface area (Å²) in [6, 6.07) is 0. The molecule has 6 aliphatic rings. The summed E-state index contributed by atoms with van der Waals surface area (Å²) >= 11 is 0. The third-order valence-electron chi connectivity index (χ3n) is 12.1. The number of rotatable bonds is 5. The Kier molecular flexibility index (Phi) is 6.84. The smallest absolute Gasteiger partial charge is 0.331 e. The van der Waals surface area contributed by atoms with Crippen molar-refractivity contribution < 1.29 is 43.9 Å². The van der Waals surface area contributed by atoms with E-state index in [0.29, 0.717) is 51.6 Å². The summed E-state index contributed by atoms with van der Waals surface area (Å²) in [4.78, 5) is 24.8. The number of cyclic esters (lactones) is 1. The molecule has 1 saturated heterocycles. The minimum atomic E-state index is -1.21. The molecule has 0 aromatic rings. The van der Waals surface area contributed by atoms with E-state index in [2.05, 4.69) is 6.92 Å². The van der Waals surface area contributed by atoms with Crippen molar-refractivity contribution >= 4 is 12.3 Å². The maximum Gasteiger partial charge on any atom is 0.331 e. The van der Waals surface area contributed by atoms with Gasteiger partial charge in [0.05, 0.1) is 34.9 Å². The highest BCUT2D eigenvalue weighted by Gasteiger charge is 2.71. The van der Waals surface area contributed by atoms with Gasteiger partial charge in [-0.15, -0.1) is 0 Å². The van der Waals surface area contributed by atoms with E-state index in [-0.39, 0.29) is 35.9 Å². The van der Waals surface area contributed by atoms with Crippen LogP contribution in [0.5, 0.6) is 0 Å². The summed E-state index contributed by atoms with van der Waals surface area (Å²) in [5.41, 5.74) is -2.52. The maximum absolute atomic E-state index is 13.0. The van der Waals surface area contributed by atoms with E-state index < -0.39 is 40.5 Å². The normalized spacial score (nSPS) is 53.3. The van der Waals surface area contributed by atoms with Gasteiger partial charge in [-0.2, -0.15) is 0 Å². The second kappa shape index (κ2) is 9.60. The molecule has 4 aliphatic carbocycles. The van der Waals surface area contributed by atoms with Gasteiger partial charge in [-0.3, -0.25) is 0 Å². The minimum Gasteiger partial charge on any atom is -0.458 e. The lowest BCUT2D eigenvalue weighted by molar-refractivity contribution is -0.287. The number of hydrogen-bond donors (Lipinski definition) is 3. The van der Waals surface area contributed by atoms with E-state index in [1.54, 1.807) is 20.1 Å². The number of aliphatic hydroxyl groups is 3. The van der Waals surface area contributed by atoms with Crippen LogP contribution in [0.1, 0.15) is 78.1 Å². The number of carbonyl (C=O) groups excluding carboxylic acids is 2. The zero-order valence-electron chi connectivity index (χ0n) is 23.3. The monoisotopic (exact) mass is 548 g/mol. The van der Waals surface area contributed by atoms with E-state index >= 15 is 0 Å². The number of fused-ring (bicyclic) bond motifs is 5. The summed E-state index contributed by atoms with van der Waals surface area (Å²) in [6.07, 6.45) is 6.10. The summed E-state index contributed by atoms with van der Waals surface area (Å²) < 4.78 is 22.9. The standard InChI is InChI=1S/C30H44O9/c1-17-26(33)23(36-3)13-25(38-17)39-19-4-9-28(16-31)21-5-8-27(2)20(18-12-24(32)37-15-18)7-11-30(27,35)22(21)6-10-29(28,34)14-19/h12,16-17,19-23,25-26,33-35H,4-11,13-15H2,1-3H3/t17-,19+,20-,21+,22-,23+,25+,26-,27-,28?,29+,30+/m1/s1. The number of hydrogen-bond acceptors (Lipinski definition) is 9. The summed E-state index contributed by atoms with van der Waals surface area (Å²) in [5.74, 6) is -0.420. The largest absolute Gasteiger partial charge is 0.458 e. The highest BCUT2D eigenvalue weighted by molar-refractivity contribution is 5.85. The molecular formula is C30H44O9. The molecule has 6 rings (SSSR count). The first kappa shape index (κ1) is 27.8. The van der Waals surface area contributed by atoms with Gasteiger partial charge in [-0.1, -0.05) is 6.92 Å². The van der Waals surface area contributed by atoms with Crippen molar-refractivity contribution in [1.82, 2.24) is 0 Å². The molecule has 12 atom stereocenters. The average Bonchev–Trinajstić information content (AvgIpc) is 3.45. The van der Waals surface area contributed by atoms with E-state index in [4.69, 9.17) is 18.9 Å². The number of esters is 1. The zero-order valence-corrected chi connectivity index (χ0v) is 23.3. The van der Waals surface area contributed by atoms with E-state index in [9.17, 15) is 24.9 Å². The molecule has 0 aromatic carbocycles. The van der Waals surface area contributed by atoms with Gasteiger partial charge in [0.25, 0.3) is 0 Å². The van der Waals surface area contributed by atoms with Crippen molar-refractivity contribution in [2.75, 3.05) is 13.7 Å². The Labute approximate surface area is 230 Å². The number of aliphatic hydroxyl groups excluding tert-OH is 1. The predicted molar refractivity (Wildman–Crippen MR) is 138 cm³/mol. The van der Waals surface area contributed by atoms with Gasteiger partial charge < -0.3 is 39.1 Å². The second-order valence-corrected chi connectivity index (χ2v) is 13.5. The Balaban J connectivity index is 1.21. The molecule has 39 heavy (non-hydrogen) atoms. The highest BCUT2D eigenvalue weighted by Crippen LogP contribution is 2.70. The molecule has 0 aromatic heterocycles. The average molecular weight is 549 g/mol. The van der Waals surface area contributed by atoms with Crippen LogP contribution >= 0.6 is 0 Å². The van der Waals surface area contributed by atoms with Gasteiger partial charge in [0, 0.05) is 31.4 Å². The second-order valence-electron chi connectivity index (χ2n) is 13.5. The maximum atomic E-state index is 13.0. The fourth-order valence-corrected chi connectivity index (χ4v) is 9.98. The van der Waals surface area contributed by atoms with Gasteiger partial charge in [0.1, 0.15) is 19.0 Å². The predicted octanol–water partition coefficient (Wildman–Crippen LogP) is 2.43. The first-order valence-corrected chi connectivity index (χ1v) is 14.8. The molecule has 2 aliphatic heterocycles. The highest BCUT2D eigenvalue weighted by atomic mass is 16.7. The lowest BCUT2D eigenvalue weighted by Gasteiger charge is -2.65. The Bertz CT molecular complexity index is 1030. The van der Waals surface area contributed by atoms with E-state index in [1.165, 1.54) is 0 Å². The van der Waals surface area contributed by atoms with Crippen LogP contribution in [0.2, 0.25) is 0 Å². The van der Waals surface area contributed by atoms with Crippen LogP contribution in [0.25, 0.3) is 0 Å². The van der Waals surface area contributed by atoms with Crippen LogP contribution in [0.4, 0.5) is 0 Å². The molecule has 218 valence electrons. The Morgan fingerprint density at radius 3 is 2.54 bits per heavy atom. The number of methoxy groups -OCH3 is 1. The molecule has 0 radical (unpaired) electrons. The van der Waals surface area contributed by atoms with Crippen LogP contribution in [-0.4, -0.2) is 83.2 Å². The molecule has 3 N–H and O–H groups in total. The fraction of sp³-hybridized carbons (Fsp3) is 0.867. The van der Waals surface area contributed by atoms with Gasteiger partial charge in [-0.05, 0) is 81.6 Å². The molecule has 9 nitrogen and oxygen atoms in total. The van der Waals surface area contributed by atoms with Crippen molar-refractivity contribution in [2.45, 2.75) is 120 Å². The molecule has 9 heteroatoms. The van der Waals surface area contributed by atoms with Gasteiger partial charge in [0.2, 0.25) is 0 Å². The summed E-state index contributed by atoms with van der Waals surface area (Å²) in [6.45, 7) is 4.25. The van der Waals surface area contributed by atoms with Gasteiger partial charge >= 0.3 is 5.97 Å². The van der Waals surface area contributed by atoms with E-state index in [0.717, 1.165) is 31.1 Å². The third kappa shape index (κ3) is 3.94. The van der Waals surface area contributed by atoms with Crippen molar-refractivity contribution in [3.8, 4) is 0 Å².